The van der Waals surface area contributed by atoms with Crippen molar-refractivity contribution in [3.05, 3.63) is 51.8 Å². The zero-order chi connectivity index (χ0) is 15.4. The van der Waals surface area contributed by atoms with E-state index in [1.54, 1.807) is 35.8 Å². The Kier molecular flexibility index (Phi) is 4.47. The quantitative estimate of drug-likeness (QED) is 0.819. The van der Waals surface area contributed by atoms with E-state index in [0.29, 0.717) is 36.6 Å². The molecule has 0 unspecified atom stereocenters. The van der Waals surface area contributed by atoms with Gasteiger partial charge in [-0.1, -0.05) is 0 Å². The summed E-state index contributed by atoms with van der Waals surface area (Å²) in [7, 11) is 0. The van der Waals surface area contributed by atoms with Crippen LogP contribution >= 0.6 is 0 Å². The van der Waals surface area contributed by atoms with Crippen LogP contribution in [0.3, 0.4) is 0 Å². The van der Waals surface area contributed by atoms with Gasteiger partial charge in [0.05, 0.1) is 12.3 Å². The number of primary amides is 1. The molecule has 0 aliphatic heterocycles. The van der Waals surface area contributed by atoms with Crippen molar-refractivity contribution >= 4 is 5.91 Å². The summed E-state index contributed by atoms with van der Waals surface area (Å²) >= 11 is 0. The van der Waals surface area contributed by atoms with Gasteiger partial charge in [-0.05, 0) is 44.5 Å². The van der Waals surface area contributed by atoms with Gasteiger partial charge >= 0.3 is 5.76 Å². The minimum Gasteiger partial charge on any atom is -0.494 e. The lowest BCUT2D eigenvalue weighted by atomic mass is 10.2. The largest absolute Gasteiger partial charge is 0.494 e. The van der Waals surface area contributed by atoms with Gasteiger partial charge in [0.2, 0.25) is 5.91 Å². The van der Waals surface area contributed by atoms with Crippen LogP contribution in [-0.2, 0) is 6.54 Å². The summed E-state index contributed by atoms with van der Waals surface area (Å²) < 4.78 is 12.2. The molecule has 0 bridgehead atoms. The Morgan fingerprint density at radius 2 is 1.95 bits per heavy atom. The number of aromatic nitrogens is 1. The van der Waals surface area contributed by atoms with Crippen LogP contribution in [0.4, 0.5) is 0 Å². The molecule has 0 aliphatic rings. The highest BCUT2D eigenvalue weighted by molar-refractivity contribution is 5.92. The van der Waals surface area contributed by atoms with Crippen molar-refractivity contribution in [1.82, 2.24) is 4.57 Å². The fourth-order valence-electron chi connectivity index (χ4n) is 1.97. The molecular formula is C15H18N2O4. The summed E-state index contributed by atoms with van der Waals surface area (Å²) in [6.07, 6.45) is 0.678. The molecule has 6 nitrogen and oxygen atoms in total. The van der Waals surface area contributed by atoms with E-state index < -0.39 is 5.91 Å². The number of hydrogen-bond acceptors (Lipinski definition) is 4. The van der Waals surface area contributed by atoms with Crippen LogP contribution in [0, 0.1) is 13.8 Å². The average molecular weight is 290 g/mol. The molecule has 0 fully saturated rings. The molecule has 1 aromatic carbocycles. The topological polar surface area (TPSA) is 87.5 Å². The van der Waals surface area contributed by atoms with E-state index in [1.807, 2.05) is 6.92 Å². The van der Waals surface area contributed by atoms with Gasteiger partial charge in [0.1, 0.15) is 11.5 Å². The molecule has 2 rings (SSSR count). The first kappa shape index (κ1) is 14.9. The van der Waals surface area contributed by atoms with Gasteiger partial charge in [-0.25, -0.2) is 4.79 Å². The molecule has 0 aliphatic carbocycles. The van der Waals surface area contributed by atoms with Crippen molar-refractivity contribution < 1.29 is 13.9 Å². The maximum atomic E-state index is 11.5. The number of oxazole rings is 1. The molecule has 2 aromatic rings. The van der Waals surface area contributed by atoms with Gasteiger partial charge < -0.3 is 14.9 Å². The molecular weight excluding hydrogens is 272 g/mol. The van der Waals surface area contributed by atoms with Crippen LogP contribution in [0.15, 0.2) is 33.5 Å². The van der Waals surface area contributed by atoms with Crippen molar-refractivity contribution in [2.75, 3.05) is 6.61 Å². The van der Waals surface area contributed by atoms with Crippen LogP contribution < -0.4 is 16.2 Å². The predicted octanol–water partition coefficient (Wildman–Crippen LogP) is 1.63. The maximum absolute atomic E-state index is 11.5. The van der Waals surface area contributed by atoms with Crippen LogP contribution in [0.25, 0.3) is 0 Å². The van der Waals surface area contributed by atoms with Crippen LogP contribution in [-0.4, -0.2) is 17.1 Å². The number of benzene rings is 1. The first-order chi connectivity index (χ1) is 9.99. The summed E-state index contributed by atoms with van der Waals surface area (Å²) in [4.78, 5) is 22.5. The van der Waals surface area contributed by atoms with E-state index in [4.69, 9.17) is 14.9 Å². The monoisotopic (exact) mass is 290 g/mol. The number of aryl methyl sites for hydroxylation is 1. The Bertz CT molecular complexity index is 683. The summed E-state index contributed by atoms with van der Waals surface area (Å²) in [5.41, 5.74) is 6.44. The van der Waals surface area contributed by atoms with Gasteiger partial charge in [0.15, 0.2) is 0 Å². The molecule has 2 N–H and O–H groups in total. The number of ether oxygens (including phenoxy) is 1. The molecule has 0 radical (unpaired) electrons. The van der Waals surface area contributed by atoms with E-state index in [2.05, 4.69) is 0 Å². The summed E-state index contributed by atoms with van der Waals surface area (Å²) in [5, 5.41) is 0. The van der Waals surface area contributed by atoms with Gasteiger partial charge in [-0.3, -0.25) is 9.36 Å². The number of rotatable bonds is 6. The van der Waals surface area contributed by atoms with E-state index in [9.17, 15) is 9.59 Å². The van der Waals surface area contributed by atoms with Gasteiger partial charge in [0.25, 0.3) is 0 Å². The van der Waals surface area contributed by atoms with E-state index in [-0.39, 0.29) is 5.76 Å². The third-order valence-corrected chi connectivity index (χ3v) is 3.31. The highest BCUT2D eigenvalue weighted by atomic mass is 16.5. The van der Waals surface area contributed by atoms with Crippen molar-refractivity contribution in [3.8, 4) is 5.75 Å². The zero-order valence-corrected chi connectivity index (χ0v) is 12.1. The minimum absolute atomic E-state index is 0.337. The standard InChI is InChI=1S/C15H18N2O4/c1-10-11(2)21-15(19)17(10)8-3-9-20-13-6-4-12(5-7-13)14(16)18/h4-7H,3,8-9H2,1-2H3,(H2,16,18). The van der Waals surface area contributed by atoms with Crippen LogP contribution in [0.2, 0.25) is 0 Å². The van der Waals surface area contributed by atoms with Crippen molar-refractivity contribution in [2.24, 2.45) is 5.73 Å². The first-order valence-electron chi connectivity index (χ1n) is 6.68. The molecule has 1 aromatic heterocycles. The second kappa shape index (κ2) is 6.30. The fourth-order valence-corrected chi connectivity index (χ4v) is 1.97. The highest BCUT2D eigenvalue weighted by Gasteiger charge is 2.08. The highest BCUT2D eigenvalue weighted by Crippen LogP contribution is 2.12. The minimum atomic E-state index is -0.466. The molecule has 0 saturated heterocycles. The molecule has 0 spiro atoms. The molecule has 1 amide bonds. The van der Waals surface area contributed by atoms with Crippen molar-refractivity contribution in [3.63, 3.8) is 0 Å². The predicted molar refractivity (Wildman–Crippen MR) is 77.5 cm³/mol. The van der Waals surface area contributed by atoms with Crippen LogP contribution in [0.1, 0.15) is 28.2 Å². The molecule has 1 heterocycles. The SMILES string of the molecule is Cc1oc(=O)n(CCCOc2ccc(C(N)=O)cc2)c1C. The third-order valence-electron chi connectivity index (χ3n) is 3.31. The normalized spacial score (nSPS) is 10.6. The van der Waals surface area contributed by atoms with E-state index in [0.717, 1.165) is 5.69 Å². The Balaban J connectivity index is 1.84. The fraction of sp³-hybridized carbons (Fsp3) is 0.333. The Hall–Kier alpha value is -2.50. The van der Waals surface area contributed by atoms with E-state index >= 15 is 0 Å². The molecule has 0 saturated carbocycles. The van der Waals surface area contributed by atoms with Crippen LogP contribution in [0.5, 0.6) is 5.75 Å². The second-order valence-electron chi connectivity index (χ2n) is 4.75. The lowest BCUT2D eigenvalue weighted by Gasteiger charge is -2.07. The number of carbonyl (C=O) groups is 1. The second-order valence-corrected chi connectivity index (χ2v) is 4.75. The average Bonchev–Trinajstić information content (AvgIpc) is 2.69. The Morgan fingerprint density at radius 3 is 2.48 bits per heavy atom. The Morgan fingerprint density at radius 1 is 1.29 bits per heavy atom. The number of nitrogens with two attached hydrogens (primary N) is 1. The van der Waals surface area contributed by atoms with Gasteiger partial charge in [0, 0.05) is 12.1 Å². The van der Waals surface area contributed by atoms with Crippen molar-refractivity contribution in [2.45, 2.75) is 26.8 Å². The lowest BCUT2D eigenvalue weighted by Crippen LogP contribution is -2.17. The molecule has 21 heavy (non-hydrogen) atoms. The first-order valence-corrected chi connectivity index (χ1v) is 6.68. The summed E-state index contributed by atoms with van der Waals surface area (Å²) in [5.74, 6) is 0.498. The van der Waals surface area contributed by atoms with Gasteiger partial charge in [-0.15, -0.1) is 0 Å². The lowest BCUT2D eigenvalue weighted by molar-refractivity contribution is 0.100. The number of amides is 1. The molecule has 0 atom stereocenters. The third kappa shape index (κ3) is 3.53. The summed E-state index contributed by atoms with van der Waals surface area (Å²) in [6.45, 7) is 4.63. The van der Waals surface area contributed by atoms with Gasteiger partial charge in [-0.2, -0.15) is 0 Å². The molecule has 6 heteroatoms. The maximum Gasteiger partial charge on any atom is 0.419 e. The molecule has 112 valence electrons. The van der Waals surface area contributed by atoms with E-state index in [1.165, 1.54) is 0 Å². The number of hydrogen-bond donors (Lipinski definition) is 1. The Labute approximate surface area is 122 Å². The number of nitrogens with zero attached hydrogens (tertiary/aromatic N) is 1. The summed E-state index contributed by atoms with van der Waals surface area (Å²) in [6, 6.07) is 6.62. The van der Waals surface area contributed by atoms with Crippen molar-refractivity contribution in [1.29, 1.82) is 0 Å². The number of carbonyl (C=O) groups excluding carboxylic acids is 1. The smallest absolute Gasteiger partial charge is 0.419 e. The zero-order valence-electron chi connectivity index (χ0n) is 12.1.